The highest BCUT2D eigenvalue weighted by Crippen LogP contribution is 2.26. The van der Waals surface area contributed by atoms with Crippen LogP contribution in [0.25, 0.3) is 0 Å². The van der Waals surface area contributed by atoms with Gasteiger partial charge >= 0.3 is 0 Å². The first kappa shape index (κ1) is 14.9. The van der Waals surface area contributed by atoms with Crippen molar-refractivity contribution in [2.75, 3.05) is 31.1 Å². The third kappa shape index (κ3) is 3.60. The van der Waals surface area contributed by atoms with E-state index in [0.29, 0.717) is 11.8 Å². The summed E-state index contributed by atoms with van der Waals surface area (Å²) >= 11 is 3.47. The van der Waals surface area contributed by atoms with Gasteiger partial charge in [0.15, 0.2) is 0 Å². The second-order valence-electron chi connectivity index (χ2n) is 6.12. The summed E-state index contributed by atoms with van der Waals surface area (Å²) < 4.78 is 1.11. The van der Waals surface area contributed by atoms with E-state index in [2.05, 4.69) is 50.0 Å². The van der Waals surface area contributed by atoms with Gasteiger partial charge in [-0.3, -0.25) is 4.79 Å². The Bertz CT molecular complexity index is 474. The minimum atomic E-state index is 0.304. The summed E-state index contributed by atoms with van der Waals surface area (Å²) in [4.78, 5) is 17.0. The highest BCUT2D eigenvalue weighted by Gasteiger charge is 2.28. The quantitative estimate of drug-likeness (QED) is 0.812. The molecule has 3 rings (SSSR count). The molecule has 21 heavy (non-hydrogen) atoms. The molecule has 1 saturated carbocycles. The van der Waals surface area contributed by atoms with Gasteiger partial charge in [-0.15, -0.1) is 0 Å². The molecule has 1 aromatic rings. The van der Waals surface area contributed by atoms with E-state index in [1.54, 1.807) is 0 Å². The standard InChI is InChI=1S/C17H23BrN2O/c18-15-6-8-16(9-7-15)19-10-12-20(13-11-19)17(21)14-4-2-1-3-5-14/h6-9,14H,1-5,10-13H2. The Balaban J connectivity index is 1.54. The van der Waals surface area contributed by atoms with E-state index in [1.807, 2.05) is 0 Å². The van der Waals surface area contributed by atoms with Gasteiger partial charge in [0.25, 0.3) is 0 Å². The molecule has 2 fully saturated rings. The van der Waals surface area contributed by atoms with Gasteiger partial charge in [-0.1, -0.05) is 35.2 Å². The van der Waals surface area contributed by atoms with E-state index in [9.17, 15) is 4.79 Å². The van der Waals surface area contributed by atoms with Crippen LogP contribution in [0.5, 0.6) is 0 Å². The Hall–Kier alpha value is -1.03. The number of hydrogen-bond acceptors (Lipinski definition) is 2. The van der Waals surface area contributed by atoms with Gasteiger partial charge in [-0.25, -0.2) is 0 Å². The molecule has 0 unspecified atom stereocenters. The maximum atomic E-state index is 12.5. The molecule has 0 radical (unpaired) electrons. The molecule has 0 aromatic heterocycles. The second kappa shape index (κ2) is 6.82. The largest absolute Gasteiger partial charge is 0.368 e. The van der Waals surface area contributed by atoms with E-state index in [-0.39, 0.29) is 0 Å². The smallest absolute Gasteiger partial charge is 0.225 e. The van der Waals surface area contributed by atoms with Crippen LogP contribution in [0.2, 0.25) is 0 Å². The Morgan fingerprint density at radius 2 is 1.57 bits per heavy atom. The zero-order valence-electron chi connectivity index (χ0n) is 12.4. The van der Waals surface area contributed by atoms with Crippen molar-refractivity contribution in [3.05, 3.63) is 28.7 Å². The van der Waals surface area contributed by atoms with Gasteiger partial charge in [0, 0.05) is 42.3 Å². The van der Waals surface area contributed by atoms with Crippen LogP contribution in [0.1, 0.15) is 32.1 Å². The highest BCUT2D eigenvalue weighted by molar-refractivity contribution is 9.10. The summed E-state index contributed by atoms with van der Waals surface area (Å²) in [5.74, 6) is 0.711. The molecule has 3 nitrogen and oxygen atoms in total. The number of nitrogens with zero attached hydrogens (tertiary/aromatic N) is 2. The summed E-state index contributed by atoms with van der Waals surface area (Å²) in [7, 11) is 0. The molecule has 114 valence electrons. The normalized spacial score (nSPS) is 20.6. The van der Waals surface area contributed by atoms with Crippen LogP contribution < -0.4 is 4.90 Å². The lowest BCUT2D eigenvalue weighted by molar-refractivity contribution is -0.136. The van der Waals surface area contributed by atoms with Crippen molar-refractivity contribution in [3.63, 3.8) is 0 Å². The number of rotatable bonds is 2. The summed E-state index contributed by atoms with van der Waals surface area (Å²) in [6, 6.07) is 8.44. The molecule has 1 saturated heterocycles. The predicted octanol–water partition coefficient (Wildman–Crippen LogP) is 3.68. The number of carbonyl (C=O) groups excluding carboxylic acids is 1. The summed E-state index contributed by atoms with van der Waals surface area (Å²) in [6.45, 7) is 3.62. The average molecular weight is 351 g/mol. The molecule has 1 aliphatic heterocycles. The first-order chi connectivity index (χ1) is 10.2. The van der Waals surface area contributed by atoms with Crippen molar-refractivity contribution in [3.8, 4) is 0 Å². The lowest BCUT2D eigenvalue weighted by atomic mass is 9.88. The molecule has 0 spiro atoms. The maximum Gasteiger partial charge on any atom is 0.225 e. The van der Waals surface area contributed by atoms with Gasteiger partial charge < -0.3 is 9.80 Å². The van der Waals surface area contributed by atoms with Crippen LogP contribution in [0.15, 0.2) is 28.7 Å². The Morgan fingerprint density at radius 1 is 0.952 bits per heavy atom. The van der Waals surface area contributed by atoms with E-state index < -0.39 is 0 Å². The molecule has 0 atom stereocenters. The fourth-order valence-corrected chi connectivity index (χ4v) is 3.71. The lowest BCUT2D eigenvalue weighted by Crippen LogP contribution is -2.50. The molecule has 0 bridgehead atoms. The van der Waals surface area contributed by atoms with Crippen LogP contribution in [0, 0.1) is 5.92 Å². The number of amides is 1. The van der Waals surface area contributed by atoms with Crippen molar-refractivity contribution < 1.29 is 4.79 Å². The van der Waals surface area contributed by atoms with E-state index in [0.717, 1.165) is 43.5 Å². The van der Waals surface area contributed by atoms with Gasteiger partial charge in [0.2, 0.25) is 5.91 Å². The van der Waals surface area contributed by atoms with Crippen LogP contribution in [-0.4, -0.2) is 37.0 Å². The van der Waals surface area contributed by atoms with E-state index in [4.69, 9.17) is 0 Å². The minimum Gasteiger partial charge on any atom is -0.368 e. The lowest BCUT2D eigenvalue weighted by Gasteiger charge is -2.38. The minimum absolute atomic E-state index is 0.304. The van der Waals surface area contributed by atoms with Crippen molar-refractivity contribution in [2.45, 2.75) is 32.1 Å². The number of piperazine rings is 1. The number of carbonyl (C=O) groups is 1. The number of hydrogen-bond donors (Lipinski definition) is 0. The zero-order chi connectivity index (χ0) is 14.7. The monoisotopic (exact) mass is 350 g/mol. The van der Waals surface area contributed by atoms with Gasteiger partial charge in [0.05, 0.1) is 0 Å². The van der Waals surface area contributed by atoms with E-state index in [1.165, 1.54) is 24.9 Å². The molecule has 1 aliphatic carbocycles. The Morgan fingerprint density at radius 3 is 2.19 bits per heavy atom. The Kier molecular flexibility index (Phi) is 4.84. The van der Waals surface area contributed by atoms with Crippen molar-refractivity contribution in [1.82, 2.24) is 4.90 Å². The first-order valence-corrected chi connectivity index (χ1v) is 8.82. The van der Waals surface area contributed by atoms with Crippen LogP contribution >= 0.6 is 15.9 Å². The predicted molar refractivity (Wildman–Crippen MR) is 89.5 cm³/mol. The number of halogens is 1. The molecule has 1 amide bonds. The van der Waals surface area contributed by atoms with E-state index >= 15 is 0 Å². The van der Waals surface area contributed by atoms with Gasteiger partial charge in [0.1, 0.15) is 0 Å². The van der Waals surface area contributed by atoms with Crippen molar-refractivity contribution in [2.24, 2.45) is 5.92 Å². The number of benzene rings is 1. The van der Waals surface area contributed by atoms with Crippen molar-refractivity contribution in [1.29, 1.82) is 0 Å². The van der Waals surface area contributed by atoms with Gasteiger partial charge in [-0.2, -0.15) is 0 Å². The summed E-state index contributed by atoms with van der Waals surface area (Å²) in [5.41, 5.74) is 1.25. The molecular formula is C17H23BrN2O. The fourth-order valence-electron chi connectivity index (χ4n) is 3.44. The second-order valence-corrected chi connectivity index (χ2v) is 7.04. The van der Waals surface area contributed by atoms with Crippen molar-refractivity contribution >= 4 is 27.5 Å². The molecule has 1 heterocycles. The SMILES string of the molecule is O=C(C1CCCCC1)N1CCN(c2ccc(Br)cc2)CC1. The molecule has 0 N–H and O–H groups in total. The summed E-state index contributed by atoms with van der Waals surface area (Å²) in [5, 5.41) is 0. The first-order valence-electron chi connectivity index (χ1n) is 8.03. The molecule has 2 aliphatic rings. The summed E-state index contributed by atoms with van der Waals surface area (Å²) in [6.07, 6.45) is 5.98. The third-order valence-electron chi connectivity index (χ3n) is 4.74. The number of anilines is 1. The Labute approximate surface area is 135 Å². The molecule has 1 aromatic carbocycles. The molecule has 4 heteroatoms. The highest BCUT2D eigenvalue weighted by atomic mass is 79.9. The zero-order valence-corrected chi connectivity index (χ0v) is 14.0. The van der Waals surface area contributed by atoms with Crippen LogP contribution in [-0.2, 0) is 4.79 Å². The fraction of sp³-hybridized carbons (Fsp3) is 0.588. The third-order valence-corrected chi connectivity index (χ3v) is 5.27. The van der Waals surface area contributed by atoms with Crippen LogP contribution in [0.3, 0.4) is 0 Å². The van der Waals surface area contributed by atoms with Gasteiger partial charge in [-0.05, 0) is 37.1 Å². The topological polar surface area (TPSA) is 23.6 Å². The molecular weight excluding hydrogens is 328 g/mol. The van der Waals surface area contributed by atoms with Crippen LogP contribution in [0.4, 0.5) is 5.69 Å². The average Bonchev–Trinajstić information content (AvgIpc) is 2.56. The maximum absolute atomic E-state index is 12.5.